The van der Waals surface area contributed by atoms with Crippen LogP contribution in [-0.4, -0.2) is 40.3 Å². The van der Waals surface area contributed by atoms with Crippen LogP contribution in [0.3, 0.4) is 0 Å². The molecule has 1 aromatic carbocycles. The van der Waals surface area contributed by atoms with E-state index in [1.54, 1.807) is 6.07 Å². The first kappa shape index (κ1) is 19.4. The van der Waals surface area contributed by atoms with Gasteiger partial charge in [0.2, 0.25) is 0 Å². The molecule has 0 spiro atoms. The Labute approximate surface area is 167 Å². The van der Waals surface area contributed by atoms with Gasteiger partial charge in [-0.05, 0) is 42.7 Å². The molecule has 2 bridgehead atoms. The molecule has 1 fully saturated rings. The number of rotatable bonds is 6. The summed E-state index contributed by atoms with van der Waals surface area (Å²) in [7, 11) is 0. The standard InChI is InChI=1S/C24H32N2O2/c1-23-15-24(2,21-12-7-13-22(28)26(21)17-23)18-25(16-23)14-20(27)11-6-10-19-8-4-3-5-9-19/h3-5,7-9,12-13,20,27H,6,10-11,14-18H2,1-2H3/t20?,23-,24+/m0/s1. The average molecular weight is 381 g/mol. The number of β-amino-alcohol motifs (C(OH)–C–C–N with tert-alkyl or cyclic N) is 1. The van der Waals surface area contributed by atoms with Crippen molar-refractivity contribution in [3.63, 3.8) is 0 Å². The van der Waals surface area contributed by atoms with E-state index < -0.39 is 0 Å². The Morgan fingerprint density at radius 2 is 1.82 bits per heavy atom. The van der Waals surface area contributed by atoms with Crippen LogP contribution in [0.15, 0.2) is 53.3 Å². The van der Waals surface area contributed by atoms with Crippen LogP contribution >= 0.6 is 0 Å². The average Bonchev–Trinajstić information content (AvgIpc) is 2.62. The van der Waals surface area contributed by atoms with E-state index in [-0.39, 0.29) is 22.5 Å². The van der Waals surface area contributed by atoms with E-state index in [1.165, 1.54) is 5.56 Å². The van der Waals surface area contributed by atoms with Crippen LogP contribution in [0.2, 0.25) is 0 Å². The van der Waals surface area contributed by atoms with Gasteiger partial charge < -0.3 is 9.67 Å². The summed E-state index contributed by atoms with van der Waals surface area (Å²) in [6, 6.07) is 16.2. The van der Waals surface area contributed by atoms with E-state index in [9.17, 15) is 9.90 Å². The maximum absolute atomic E-state index is 12.4. The Bertz CT molecular complexity index is 878. The third kappa shape index (κ3) is 3.94. The zero-order chi connectivity index (χ0) is 19.8. The van der Waals surface area contributed by atoms with E-state index in [0.717, 1.165) is 57.6 Å². The second kappa shape index (κ2) is 7.49. The number of pyridine rings is 1. The number of hydrogen-bond donors (Lipinski definition) is 1. The zero-order valence-corrected chi connectivity index (χ0v) is 17.1. The summed E-state index contributed by atoms with van der Waals surface area (Å²) in [5, 5.41) is 10.7. The highest BCUT2D eigenvalue weighted by molar-refractivity contribution is 5.24. The molecule has 28 heavy (non-hydrogen) atoms. The van der Waals surface area contributed by atoms with Crippen LogP contribution < -0.4 is 5.56 Å². The normalized spacial score (nSPS) is 28.0. The number of aryl methyl sites for hydroxylation is 1. The maximum Gasteiger partial charge on any atom is 0.250 e. The summed E-state index contributed by atoms with van der Waals surface area (Å²) in [6.07, 6.45) is 3.65. The van der Waals surface area contributed by atoms with Gasteiger partial charge in [0.05, 0.1) is 6.10 Å². The summed E-state index contributed by atoms with van der Waals surface area (Å²) in [5.41, 5.74) is 2.65. The molecule has 2 aliphatic heterocycles. The molecule has 0 radical (unpaired) electrons. The summed E-state index contributed by atoms with van der Waals surface area (Å²) in [4.78, 5) is 14.8. The van der Waals surface area contributed by atoms with Crippen molar-refractivity contribution in [3.8, 4) is 0 Å². The van der Waals surface area contributed by atoms with E-state index in [2.05, 4.69) is 49.1 Å². The zero-order valence-electron chi connectivity index (χ0n) is 17.1. The highest BCUT2D eigenvalue weighted by Crippen LogP contribution is 2.46. The fourth-order valence-corrected chi connectivity index (χ4v) is 5.72. The van der Waals surface area contributed by atoms with Gasteiger partial charge in [-0.1, -0.05) is 50.2 Å². The van der Waals surface area contributed by atoms with Crippen LogP contribution in [0, 0.1) is 5.41 Å². The van der Waals surface area contributed by atoms with Gasteiger partial charge in [-0.3, -0.25) is 9.69 Å². The summed E-state index contributed by atoms with van der Waals surface area (Å²) >= 11 is 0. The van der Waals surface area contributed by atoms with Gasteiger partial charge in [0.1, 0.15) is 0 Å². The molecule has 0 amide bonds. The van der Waals surface area contributed by atoms with Crippen molar-refractivity contribution in [2.45, 2.75) is 57.6 Å². The fourth-order valence-electron chi connectivity index (χ4n) is 5.72. The van der Waals surface area contributed by atoms with Gasteiger partial charge in [0.15, 0.2) is 0 Å². The lowest BCUT2D eigenvalue weighted by Gasteiger charge is -2.54. The lowest BCUT2D eigenvalue weighted by atomic mass is 9.64. The molecule has 0 saturated carbocycles. The molecule has 1 N–H and O–H groups in total. The number of benzene rings is 1. The molecule has 2 aromatic rings. The van der Waals surface area contributed by atoms with Crippen LogP contribution in [0.25, 0.3) is 0 Å². The Morgan fingerprint density at radius 1 is 1.04 bits per heavy atom. The van der Waals surface area contributed by atoms with E-state index in [0.29, 0.717) is 0 Å². The van der Waals surface area contributed by atoms with Gasteiger partial charge >= 0.3 is 0 Å². The van der Waals surface area contributed by atoms with E-state index in [4.69, 9.17) is 0 Å². The molecule has 150 valence electrons. The molecule has 2 aliphatic rings. The third-order valence-electron chi connectivity index (χ3n) is 6.52. The van der Waals surface area contributed by atoms with Crippen molar-refractivity contribution in [1.82, 2.24) is 9.47 Å². The number of fused-ring (bicyclic) bond motifs is 4. The predicted molar refractivity (Wildman–Crippen MR) is 113 cm³/mol. The second-order valence-corrected chi connectivity index (χ2v) is 9.58. The Kier molecular flexibility index (Phi) is 5.19. The Morgan fingerprint density at radius 3 is 2.61 bits per heavy atom. The second-order valence-electron chi connectivity index (χ2n) is 9.58. The van der Waals surface area contributed by atoms with E-state index >= 15 is 0 Å². The van der Waals surface area contributed by atoms with Crippen LogP contribution in [0.1, 0.15) is 44.4 Å². The Hall–Kier alpha value is -1.91. The highest BCUT2D eigenvalue weighted by atomic mass is 16.3. The van der Waals surface area contributed by atoms with Gasteiger partial charge in [0.25, 0.3) is 5.56 Å². The topological polar surface area (TPSA) is 45.5 Å². The van der Waals surface area contributed by atoms with Crippen LogP contribution in [-0.2, 0) is 18.4 Å². The van der Waals surface area contributed by atoms with E-state index in [1.807, 2.05) is 16.7 Å². The highest BCUT2D eigenvalue weighted by Gasteiger charge is 2.48. The largest absolute Gasteiger partial charge is 0.392 e. The molecule has 4 rings (SSSR count). The molecule has 1 unspecified atom stereocenters. The lowest BCUT2D eigenvalue weighted by Crippen LogP contribution is -2.60. The molecule has 4 nitrogen and oxygen atoms in total. The summed E-state index contributed by atoms with van der Waals surface area (Å²) in [6.45, 7) is 7.92. The van der Waals surface area contributed by atoms with Crippen molar-refractivity contribution >= 4 is 0 Å². The van der Waals surface area contributed by atoms with Crippen molar-refractivity contribution < 1.29 is 5.11 Å². The third-order valence-corrected chi connectivity index (χ3v) is 6.52. The molecule has 3 heterocycles. The first-order chi connectivity index (χ1) is 13.4. The van der Waals surface area contributed by atoms with Gasteiger partial charge in [-0.15, -0.1) is 0 Å². The summed E-state index contributed by atoms with van der Waals surface area (Å²) in [5.74, 6) is 0. The number of hydrogen-bond acceptors (Lipinski definition) is 3. The number of aliphatic hydroxyl groups is 1. The molecule has 1 aromatic heterocycles. The minimum absolute atomic E-state index is 0.0323. The number of likely N-dealkylation sites (tertiary alicyclic amines) is 1. The monoisotopic (exact) mass is 380 g/mol. The Balaban J connectivity index is 1.40. The van der Waals surface area contributed by atoms with Crippen LogP contribution in [0.4, 0.5) is 0 Å². The molecule has 0 aliphatic carbocycles. The van der Waals surface area contributed by atoms with Gasteiger partial charge in [-0.2, -0.15) is 0 Å². The number of aromatic nitrogens is 1. The molecule has 1 saturated heterocycles. The fraction of sp³-hybridized carbons (Fsp3) is 0.542. The number of aliphatic hydroxyl groups excluding tert-OH is 1. The van der Waals surface area contributed by atoms with Crippen molar-refractivity contribution in [2.24, 2.45) is 5.41 Å². The first-order valence-electron chi connectivity index (χ1n) is 10.5. The molecular weight excluding hydrogens is 348 g/mol. The number of piperidine rings is 1. The SMILES string of the molecule is C[C@@]12CN(CC(O)CCCc3ccccc3)C[C@@](C)(C1)c1cccc(=O)n1C2. The molecule has 4 heteroatoms. The quantitative estimate of drug-likeness (QED) is 0.837. The smallest absolute Gasteiger partial charge is 0.250 e. The maximum atomic E-state index is 12.4. The van der Waals surface area contributed by atoms with Gasteiger partial charge in [-0.25, -0.2) is 0 Å². The molecular formula is C24H32N2O2. The minimum atomic E-state index is -0.298. The lowest BCUT2D eigenvalue weighted by molar-refractivity contribution is -0.0135. The van der Waals surface area contributed by atoms with Gasteiger partial charge in [0, 0.05) is 43.4 Å². The van der Waals surface area contributed by atoms with Crippen molar-refractivity contribution in [3.05, 3.63) is 70.1 Å². The number of nitrogens with zero attached hydrogens (tertiary/aromatic N) is 2. The van der Waals surface area contributed by atoms with Crippen molar-refractivity contribution in [2.75, 3.05) is 19.6 Å². The minimum Gasteiger partial charge on any atom is -0.392 e. The predicted octanol–water partition coefficient (Wildman–Crippen LogP) is 3.22. The summed E-state index contributed by atoms with van der Waals surface area (Å²) < 4.78 is 1.98. The van der Waals surface area contributed by atoms with Crippen LogP contribution in [0.5, 0.6) is 0 Å². The van der Waals surface area contributed by atoms with Crippen molar-refractivity contribution in [1.29, 1.82) is 0 Å². The first-order valence-corrected chi connectivity index (χ1v) is 10.5. The molecule has 3 atom stereocenters.